The summed E-state index contributed by atoms with van der Waals surface area (Å²) in [5, 5.41) is 18.3. The first kappa shape index (κ1) is 38.9. The van der Waals surface area contributed by atoms with Gasteiger partial charge in [0, 0.05) is 52.7 Å². The summed E-state index contributed by atoms with van der Waals surface area (Å²) in [6.07, 6.45) is 2.04. The Morgan fingerprint density at radius 1 is 0.771 bits per heavy atom. The van der Waals surface area contributed by atoms with Crippen LogP contribution in [0.25, 0.3) is 0 Å². The summed E-state index contributed by atoms with van der Waals surface area (Å²) in [6, 6.07) is 20.8. The summed E-state index contributed by atoms with van der Waals surface area (Å²) in [5.74, 6) is -3.48. The minimum atomic E-state index is -1.34. The molecular weight excluding hydrogens is 628 g/mol. The largest absolute Gasteiger partial charge is 0.482 e. The highest BCUT2D eigenvalue weighted by Crippen LogP contribution is 2.17. The van der Waals surface area contributed by atoms with Gasteiger partial charge >= 0.3 is 11.9 Å². The highest BCUT2D eigenvalue weighted by atomic mass is 16.7. The summed E-state index contributed by atoms with van der Waals surface area (Å²) in [5.41, 5.74) is 5.68. The molecule has 258 valence electrons. The number of aromatic carboxylic acids is 2. The van der Waals surface area contributed by atoms with E-state index in [0.29, 0.717) is 13.1 Å². The minimum Gasteiger partial charge on any atom is -0.482 e. The number of carbonyl (C=O) groups is 2. The number of benzene rings is 2. The monoisotopic (exact) mass is 668 g/mol. The molecule has 14 heteroatoms. The molecule has 0 aliphatic heterocycles. The SMILES string of the molecule is COC(C)Cn1ccc(=O)c(OCc2ccccc2)c1C(=O)O.COC(CN)OC.O=C(O)c1occc(=O)c1OCc1ccccc1. The Labute approximate surface area is 276 Å². The first-order valence-corrected chi connectivity index (χ1v) is 14.5. The summed E-state index contributed by atoms with van der Waals surface area (Å²) in [4.78, 5) is 46.0. The first-order chi connectivity index (χ1) is 23.1. The van der Waals surface area contributed by atoms with E-state index in [9.17, 15) is 24.3 Å². The average Bonchev–Trinajstić information content (AvgIpc) is 3.09. The molecule has 0 saturated carbocycles. The Kier molecular flexibility index (Phi) is 16.8. The molecule has 1 atom stereocenters. The van der Waals surface area contributed by atoms with Gasteiger partial charge in [-0.2, -0.15) is 0 Å². The fourth-order valence-electron chi connectivity index (χ4n) is 3.86. The zero-order chi connectivity index (χ0) is 35.5. The molecule has 4 N–H and O–H groups in total. The quantitative estimate of drug-likeness (QED) is 0.165. The zero-order valence-corrected chi connectivity index (χ0v) is 27.1. The molecule has 0 aliphatic rings. The highest BCUT2D eigenvalue weighted by molar-refractivity contribution is 5.89. The maximum Gasteiger partial charge on any atom is 0.375 e. The number of hydrogen-bond donors (Lipinski definition) is 3. The van der Waals surface area contributed by atoms with Gasteiger partial charge in [-0.25, -0.2) is 9.59 Å². The van der Waals surface area contributed by atoms with E-state index in [0.717, 1.165) is 23.5 Å². The van der Waals surface area contributed by atoms with Crippen molar-refractivity contribution in [3.8, 4) is 11.5 Å². The number of aromatic nitrogens is 1. The van der Waals surface area contributed by atoms with Crippen molar-refractivity contribution >= 4 is 11.9 Å². The zero-order valence-electron chi connectivity index (χ0n) is 27.1. The van der Waals surface area contributed by atoms with Crippen molar-refractivity contribution in [2.75, 3.05) is 27.9 Å². The van der Waals surface area contributed by atoms with Crippen LogP contribution in [0.3, 0.4) is 0 Å². The number of methoxy groups -OCH3 is 3. The van der Waals surface area contributed by atoms with Crippen LogP contribution in [0.2, 0.25) is 0 Å². The number of carboxylic acid groups (broad SMARTS) is 2. The topological polar surface area (TPSA) is 199 Å². The Morgan fingerprint density at radius 3 is 1.73 bits per heavy atom. The number of hydrogen-bond acceptors (Lipinski definition) is 11. The van der Waals surface area contributed by atoms with Crippen LogP contribution in [-0.4, -0.2) is 67.0 Å². The second-order valence-electron chi connectivity index (χ2n) is 9.80. The molecule has 14 nitrogen and oxygen atoms in total. The maximum absolute atomic E-state index is 12.0. The van der Waals surface area contributed by atoms with Gasteiger partial charge in [0.25, 0.3) is 5.76 Å². The van der Waals surface area contributed by atoms with Crippen LogP contribution >= 0.6 is 0 Å². The van der Waals surface area contributed by atoms with Crippen LogP contribution in [0.15, 0.2) is 99.3 Å². The van der Waals surface area contributed by atoms with E-state index in [1.54, 1.807) is 21.3 Å². The number of carboxylic acids is 2. The van der Waals surface area contributed by atoms with Gasteiger partial charge in [0.05, 0.1) is 12.4 Å². The molecule has 0 amide bonds. The number of nitrogens with zero attached hydrogens (tertiary/aromatic N) is 1. The maximum atomic E-state index is 12.0. The molecule has 0 saturated heterocycles. The third-order valence-corrected chi connectivity index (χ3v) is 6.39. The molecule has 2 heterocycles. The van der Waals surface area contributed by atoms with E-state index < -0.39 is 28.6 Å². The van der Waals surface area contributed by atoms with Gasteiger partial charge < -0.3 is 48.6 Å². The van der Waals surface area contributed by atoms with Crippen LogP contribution in [-0.2, 0) is 34.0 Å². The molecule has 4 aromatic rings. The van der Waals surface area contributed by atoms with Crippen molar-refractivity contribution < 1.29 is 47.9 Å². The van der Waals surface area contributed by atoms with E-state index in [1.165, 1.54) is 16.8 Å². The third kappa shape index (κ3) is 12.5. The van der Waals surface area contributed by atoms with Crippen LogP contribution in [0.1, 0.15) is 39.1 Å². The Bertz CT molecular complexity index is 1660. The first-order valence-electron chi connectivity index (χ1n) is 14.5. The van der Waals surface area contributed by atoms with Crippen LogP contribution in [0.5, 0.6) is 11.5 Å². The molecular formula is C34H40N2O12. The molecule has 0 fully saturated rings. The van der Waals surface area contributed by atoms with Crippen LogP contribution in [0, 0.1) is 0 Å². The van der Waals surface area contributed by atoms with Gasteiger partial charge in [-0.05, 0) is 18.1 Å². The molecule has 0 bridgehead atoms. The summed E-state index contributed by atoms with van der Waals surface area (Å²) in [7, 11) is 4.66. The van der Waals surface area contributed by atoms with Crippen LogP contribution in [0.4, 0.5) is 0 Å². The van der Waals surface area contributed by atoms with Crippen molar-refractivity contribution in [2.45, 2.75) is 39.1 Å². The van der Waals surface area contributed by atoms with E-state index >= 15 is 0 Å². The van der Waals surface area contributed by atoms with Crippen molar-refractivity contribution in [1.29, 1.82) is 0 Å². The summed E-state index contributed by atoms with van der Waals surface area (Å²) >= 11 is 0. The third-order valence-electron chi connectivity index (χ3n) is 6.39. The van der Waals surface area contributed by atoms with E-state index in [4.69, 9.17) is 38.9 Å². The van der Waals surface area contributed by atoms with Gasteiger partial charge in [0.1, 0.15) is 13.2 Å². The minimum absolute atomic E-state index is 0.107. The second kappa shape index (κ2) is 20.8. The van der Waals surface area contributed by atoms with E-state index in [-0.39, 0.29) is 42.8 Å². The Morgan fingerprint density at radius 2 is 1.29 bits per heavy atom. The van der Waals surface area contributed by atoms with Crippen molar-refractivity contribution in [3.63, 3.8) is 0 Å². The van der Waals surface area contributed by atoms with E-state index in [2.05, 4.69) is 0 Å². The van der Waals surface area contributed by atoms with Crippen molar-refractivity contribution in [3.05, 3.63) is 128 Å². The fraction of sp³-hybridized carbons (Fsp3) is 0.294. The fourth-order valence-corrected chi connectivity index (χ4v) is 3.86. The van der Waals surface area contributed by atoms with Gasteiger partial charge in [0.15, 0.2) is 17.7 Å². The van der Waals surface area contributed by atoms with Gasteiger partial charge in [0.2, 0.25) is 16.6 Å². The molecule has 48 heavy (non-hydrogen) atoms. The molecule has 0 spiro atoms. The van der Waals surface area contributed by atoms with Crippen molar-refractivity contribution in [1.82, 2.24) is 4.57 Å². The predicted molar refractivity (Wildman–Crippen MR) is 174 cm³/mol. The van der Waals surface area contributed by atoms with Crippen LogP contribution < -0.4 is 26.1 Å². The average molecular weight is 669 g/mol. The lowest BCUT2D eigenvalue weighted by molar-refractivity contribution is -0.0940. The summed E-state index contributed by atoms with van der Waals surface area (Å²) < 4.78 is 31.5. The molecule has 0 radical (unpaired) electrons. The number of nitrogens with two attached hydrogens (primary N) is 1. The second-order valence-corrected chi connectivity index (χ2v) is 9.80. The summed E-state index contributed by atoms with van der Waals surface area (Å²) in [6.45, 7) is 2.76. The van der Waals surface area contributed by atoms with Gasteiger partial charge in [-0.1, -0.05) is 60.7 Å². The Balaban J connectivity index is 0.000000284. The smallest absolute Gasteiger partial charge is 0.375 e. The lowest BCUT2D eigenvalue weighted by atomic mass is 10.2. The molecule has 0 aliphatic carbocycles. The number of ether oxygens (including phenoxy) is 5. The Hall–Kier alpha value is -5.28. The molecule has 1 unspecified atom stereocenters. The lowest BCUT2D eigenvalue weighted by Crippen LogP contribution is -2.24. The number of pyridine rings is 1. The van der Waals surface area contributed by atoms with E-state index in [1.807, 2.05) is 67.6 Å². The normalized spacial score (nSPS) is 11.0. The molecule has 2 aromatic heterocycles. The lowest BCUT2D eigenvalue weighted by Gasteiger charge is -2.17. The van der Waals surface area contributed by atoms with Crippen molar-refractivity contribution in [2.24, 2.45) is 5.73 Å². The van der Waals surface area contributed by atoms with Gasteiger partial charge in [-0.3, -0.25) is 9.59 Å². The standard InChI is InChI=1S/C17H19NO5.C13H10O5.C4H11NO2/c1-12(22-2)10-18-9-8-14(19)16(15(18)17(20)21)23-11-13-6-4-3-5-7-13;14-10-6-7-17-12(13(15)16)11(10)18-8-9-4-2-1-3-5-9;1-6-4(3-5)7-2/h3-9,12H,10-11H2,1-2H3,(H,20,21);1-7H,8H2,(H,15,16);4H,3,5H2,1-2H3. The molecule has 2 aromatic carbocycles. The molecule has 4 rings (SSSR count). The van der Waals surface area contributed by atoms with Gasteiger partial charge in [-0.15, -0.1) is 0 Å². The number of rotatable bonds is 14. The predicted octanol–water partition coefficient (Wildman–Crippen LogP) is 3.64. The highest BCUT2D eigenvalue weighted by Gasteiger charge is 2.21.